The van der Waals surface area contributed by atoms with Crippen LogP contribution >= 0.6 is 0 Å². The summed E-state index contributed by atoms with van der Waals surface area (Å²) in [6, 6.07) is 8.42. The second-order valence-electron chi connectivity index (χ2n) is 5.36. The number of hydrogen-bond donors (Lipinski definition) is 2. The maximum Gasteiger partial charge on any atom is 0.0779 e. The van der Waals surface area contributed by atoms with Crippen LogP contribution < -0.4 is 5.32 Å². The third-order valence-corrected chi connectivity index (χ3v) is 3.79. The molecule has 1 aromatic heterocycles. The molecule has 0 aliphatic carbocycles. The largest absolute Gasteiger partial charge is 0.374 e. The van der Waals surface area contributed by atoms with Crippen LogP contribution in [0.2, 0.25) is 0 Å². The second-order valence-corrected chi connectivity index (χ2v) is 5.36. The van der Waals surface area contributed by atoms with Gasteiger partial charge in [0.25, 0.3) is 0 Å². The van der Waals surface area contributed by atoms with Crippen molar-refractivity contribution in [3.8, 4) is 0 Å². The molecule has 3 rings (SSSR count). The first-order valence-corrected chi connectivity index (χ1v) is 6.67. The first-order valence-electron chi connectivity index (χ1n) is 6.67. The van der Waals surface area contributed by atoms with Gasteiger partial charge in [-0.2, -0.15) is 0 Å². The Morgan fingerprint density at radius 1 is 1.39 bits per heavy atom. The van der Waals surface area contributed by atoms with Gasteiger partial charge >= 0.3 is 0 Å². The van der Waals surface area contributed by atoms with E-state index in [9.17, 15) is 0 Å². The lowest BCUT2D eigenvalue weighted by molar-refractivity contribution is 0.0207. The molecule has 1 aliphatic heterocycles. The fraction of sp³-hybridized carbons (Fsp3) is 0.467. The Bertz CT molecular complexity index is 526. The number of benzene rings is 1. The summed E-state index contributed by atoms with van der Waals surface area (Å²) >= 11 is 0. The monoisotopic (exact) mass is 244 g/mol. The highest BCUT2D eigenvalue weighted by molar-refractivity contribution is 5.82. The van der Waals surface area contributed by atoms with Gasteiger partial charge in [-0.3, -0.25) is 0 Å². The van der Waals surface area contributed by atoms with Crippen molar-refractivity contribution in [1.29, 1.82) is 0 Å². The number of nitrogens with one attached hydrogen (secondary N) is 2. The summed E-state index contributed by atoms with van der Waals surface area (Å²) < 4.78 is 5.78. The molecule has 1 saturated heterocycles. The molecular weight excluding hydrogens is 224 g/mol. The standard InChI is InChI=1S/C15H20N2O/c1-15(7-4-8-18-15)11-16-9-12-10-17-14-6-3-2-5-13(12)14/h2-3,5-6,10,16-17H,4,7-9,11H2,1H3. The van der Waals surface area contributed by atoms with E-state index >= 15 is 0 Å². The van der Waals surface area contributed by atoms with Crippen LogP contribution in [-0.2, 0) is 11.3 Å². The number of rotatable bonds is 4. The van der Waals surface area contributed by atoms with Crippen molar-refractivity contribution in [3.05, 3.63) is 36.0 Å². The Kier molecular flexibility index (Phi) is 3.10. The quantitative estimate of drug-likeness (QED) is 0.867. The van der Waals surface area contributed by atoms with Crippen LogP contribution in [0.15, 0.2) is 30.5 Å². The van der Waals surface area contributed by atoms with Crippen molar-refractivity contribution < 1.29 is 4.74 Å². The number of hydrogen-bond acceptors (Lipinski definition) is 2. The van der Waals surface area contributed by atoms with Gasteiger partial charge in [-0.1, -0.05) is 18.2 Å². The van der Waals surface area contributed by atoms with Gasteiger partial charge in [-0.15, -0.1) is 0 Å². The van der Waals surface area contributed by atoms with Gasteiger partial charge < -0.3 is 15.0 Å². The summed E-state index contributed by atoms with van der Waals surface area (Å²) in [4.78, 5) is 3.30. The lowest BCUT2D eigenvalue weighted by Crippen LogP contribution is -2.36. The number of para-hydroxylation sites is 1. The summed E-state index contributed by atoms with van der Waals surface area (Å²) in [6.07, 6.45) is 4.44. The zero-order chi connectivity index (χ0) is 12.4. The van der Waals surface area contributed by atoms with Crippen molar-refractivity contribution in [2.75, 3.05) is 13.2 Å². The SMILES string of the molecule is CC1(CNCc2c[nH]c3ccccc23)CCCO1. The first kappa shape index (κ1) is 11.8. The van der Waals surface area contributed by atoms with Gasteiger partial charge in [0.2, 0.25) is 0 Å². The van der Waals surface area contributed by atoms with Crippen LogP contribution in [0.4, 0.5) is 0 Å². The molecule has 0 spiro atoms. The van der Waals surface area contributed by atoms with Crippen molar-refractivity contribution in [2.24, 2.45) is 0 Å². The zero-order valence-corrected chi connectivity index (χ0v) is 10.8. The van der Waals surface area contributed by atoms with E-state index in [1.165, 1.54) is 22.9 Å². The summed E-state index contributed by atoms with van der Waals surface area (Å²) in [7, 11) is 0. The zero-order valence-electron chi connectivity index (χ0n) is 10.8. The van der Waals surface area contributed by atoms with E-state index in [0.717, 1.165) is 26.1 Å². The molecule has 18 heavy (non-hydrogen) atoms. The van der Waals surface area contributed by atoms with E-state index in [-0.39, 0.29) is 5.60 Å². The molecule has 1 atom stereocenters. The van der Waals surface area contributed by atoms with Gasteiger partial charge in [0.15, 0.2) is 0 Å². The predicted molar refractivity (Wildman–Crippen MR) is 73.6 cm³/mol. The van der Waals surface area contributed by atoms with E-state index in [4.69, 9.17) is 4.74 Å². The van der Waals surface area contributed by atoms with Crippen molar-refractivity contribution in [1.82, 2.24) is 10.3 Å². The van der Waals surface area contributed by atoms with Crippen LogP contribution in [0.5, 0.6) is 0 Å². The smallest absolute Gasteiger partial charge is 0.0779 e. The Balaban J connectivity index is 1.63. The van der Waals surface area contributed by atoms with E-state index < -0.39 is 0 Å². The number of aromatic amines is 1. The lowest BCUT2D eigenvalue weighted by atomic mass is 10.0. The van der Waals surface area contributed by atoms with Gasteiger partial charge in [-0.25, -0.2) is 0 Å². The molecule has 1 aliphatic rings. The highest BCUT2D eigenvalue weighted by Gasteiger charge is 2.28. The Morgan fingerprint density at radius 2 is 2.28 bits per heavy atom. The molecule has 1 unspecified atom stereocenters. The van der Waals surface area contributed by atoms with Crippen molar-refractivity contribution in [3.63, 3.8) is 0 Å². The van der Waals surface area contributed by atoms with E-state index in [1.54, 1.807) is 0 Å². The highest BCUT2D eigenvalue weighted by atomic mass is 16.5. The molecular formula is C15H20N2O. The molecule has 2 aromatic rings. The molecule has 0 amide bonds. The van der Waals surface area contributed by atoms with Gasteiger partial charge in [-0.05, 0) is 31.4 Å². The van der Waals surface area contributed by atoms with Crippen molar-refractivity contribution >= 4 is 10.9 Å². The number of aromatic nitrogens is 1. The molecule has 0 radical (unpaired) electrons. The topological polar surface area (TPSA) is 37.0 Å². The normalized spacial score (nSPS) is 23.8. The second kappa shape index (κ2) is 4.75. The fourth-order valence-electron chi connectivity index (χ4n) is 2.72. The molecule has 96 valence electrons. The summed E-state index contributed by atoms with van der Waals surface area (Å²) in [5, 5.41) is 4.83. The predicted octanol–water partition coefficient (Wildman–Crippen LogP) is 2.83. The minimum atomic E-state index is 0.0338. The van der Waals surface area contributed by atoms with E-state index in [2.05, 4.69) is 47.7 Å². The number of ether oxygens (including phenoxy) is 1. The van der Waals surface area contributed by atoms with Crippen LogP contribution in [-0.4, -0.2) is 23.7 Å². The third-order valence-electron chi connectivity index (χ3n) is 3.79. The molecule has 1 fully saturated rings. The minimum Gasteiger partial charge on any atom is -0.374 e. The van der Waals surface area contributed by atoms with E-state index in [1.807, 2.05) is 0 Å². The van der Waals surface area contributed by atoms with Crippen LogP contribution in [0.25, 0.3) is 10.9 Å². The van der Waals surface area contributed by atoms with E-state index in [0.29, 0.717) is 0 Å². The minimum absolute atomic E-state index is 0.0338. The molecule has 1 aromatic carbocycles. The number of fused-ring (bicyclic) bond motifs is 1. The Hall–Kier alpha value is -1.32. The van der Waals surface area contributed by atoms with Gasteiger partial charge in [0, 0.05) is 36.8 Å². The average Bonchev–Trinajstić information content (AvgIpc) is 2.97. The summed E-state index contributed by atoms with van der Waals surface area (Å²) in [5.41, 5.74) is 2.57. The maximum absolute atomic E-state index is 5.78. The molecule has 2 heterocycles. The van der Waals surface area contributed by atoms with Gasteiger partial charge in [0.1, 0.15) is 0 Å². The average molecular weight is 244 g/mol. The summed E-state index contributed by atoms with van der Waals surface area (Å²) in [6.45, 7) is 4.92. The van der Waals surface area contributed by atoms with Crippen LogP contribution in [0.1, 0.15) is 25.3 Å². The molecule has 3 heteroatoms. The first-order chi connectivity index (χ1) is 8.77. The maximum atomic E-state index is 5.78. The molecule has 0 saturated carbocycles. The molecule has 2 N–H and O–H groups in total. The summed E-state index contributed by atoms with van der Waals surface area (Å²) in [5.74, 6) is 0. The van der Waals surface area contributed by atoms with Crippen LogP contribution in [0, 0.1) is 0 Å². The third kappa shape index (κ3) is 2.28. The van der Waals surface area contributed by atoms with Crippen molar-refractivity contribution in [2.45, 2.75) is 31.9 Å². The lowest BCUT2D eigenvalue weighted by Gasteiger charge is -2.23. The highest BCUT2D eigenvalue weighted by Crippen LogP contribution is 2.24. The molecule has 3 nitrogen and oxygen atoms in total. The van der Waals surface area contributed by atoms with Crippen LogP contribution in [0.3, 0.4) is 0 Å². The fourth-order valence-corrected chi connectivity index (χ4v) is 2.72. The Morgan fingerprint density at radius 3 is 3.11 bits per heavy atom. The molecule has 0 bridgehead atoms. The Labute approximate surface area is 108 Å². The number of H-pyrrole nitrogens is 1. The van der Waals surface area contributed by atoms with Gasteiger partial charge in [0.05, 0.1) is 5.60 Å².